The third kappa shape index (κ3) is 15.5. The van der Waals surface area contributed by atoms with Gasteiger partial charge in [-0.1, -0.05) is 151 Å². The average molecular weight is 591 g/mol. The third-order valence-corrected chi connectivity index (χ3v) is 5.82. The summed E-state index contributed by atoms with van der Waals surface area (Å²) < 4.78 is 5.60. The third-order valence-electron chi connectivity index (χ3n) is 5.82. The predicted octanol–water partition coefficient (Wildman–Crippen LogP) is 11.8. The molecule has 0 bridgehead atoms. The summed E-state index contributed by atoms with van der Waals surface area (Å²) >= 11 is 0. The van der Waals surface area contributed by atoms with Crippen LogP contribution in [0.25, 0.3) is 11.1 Å². The molecule has 1 aliphatic carbocycles. The van der Waals surface area contributed by atoms with Crippen LogP contribution in [0.5, 0.6) is 11.5 Å². The van der Waals surface area contributed by atoms with E-state index >= 15 is 0 Å². The highest BCUT2D eigenvalue weighted by Crippen LogP contribution is 2.22. The molecule has 4 aromatic rings. The lowest BCUT2D eigenvalue weighted by atomic mass is 9.96. The van der Waals surface area contributed by atoms with Crippen molar-refractivity contribution >= 4 is 12.6 Å². The van der Waals surface area contributed by atoms with Gasteiger partial charge in [-0.05, 0) is 72.4 Å². The van der Waals surface area contributed by atoms with Crippen molar-refractivity contribution in [1.82, 2.24) is 0 Å². The maximum Gasteiger partial charge on any atom is 0.159 e. The lowest BCUT2D eigenvalue weighted by Gasteiger charge is -2.08. The number of ketones is 1. The quantitative estimate of drug-likeness (QED) is 0.210. The molecule has 3 heteroatoms. The van der Waals surface area contributed by atoms with E-state index in [1.165, 1.54) is 16.7 Å². The molecule has 232 valence electrons. The Labute approximate surface area is 266 Å². The highest BCUT2D eigenvalue weighted by atomic mass is 16.5. The van der Waals surface area contributed by atoms with Gasteiger partial charge in [0.1, 0.15) is 18.3 Å². The van der Waals surface area contributed by atoms with Crippen LogP contribution in [-0.2, 0) is 11.2 Å². The second-order valence-corrected chi connectivity index (χ2v) is 8.58. The molecular weight excluding hydrogens is 540 g/mol. The van der Waals surface area contributed by atoms with Gasteiger partial charge in [-0.15, -0.1) is 0 Å². The van der Waals surface area contributed by atoms with E-state index in [0.717, 1.165) is 17.9 Å². The van der Waals surface area contributed by atoms with Crippen LogP contribution >= 0.6 is 0 Å². The second-order valence-electron chi connectivity index (χ2n) is 8.58. The summed E-state index contributed by atoms with van der Waals surface area (Å²) in [6.45, 7) is 15.5. The normalized spacial score (nSPS) is 10.6. The SMILES string of the molecule is C1=CC=CC(Cc2ccc(-c3ccccc3)cc2)C=C1.C=O.CC.CC.CC.CC(=O)c1ccc(Oc2ccccc2)cc1. The zero-order valence-electron chi connectivity index (χ0n) is 27.6. The van der Waals surface area contributed by atoms with Crippen molar-refractivity contribution < 1.29 is 14.3 Å². The molecule has 0 saturated carbocycles. The van der Waals surface area contributed by atoms with Crippen molar-refractivity contribution in [2.45, 2.75) is 54.9 Å². The van der Waals surface area contributed by atoms with Crippen LogP contribution in [0.1, 0.15) is 64.4 Å². The first-order chi connectivity index (χ1) is 21.7. The first-order valence-corrected chi connectivity index (χ1v) is 15.5. The minimum Gasteiger partial charge on any atom is -0.457 e. The molecule has 0 atom stereocenters. The zero-order valence-corrected chi connectivity index (χ0v) is 27.6. The highest BCUT2D eigenvalue weighted by Gasteiger charge is 2.04. The molecule has 5 rings (SSSR count). The highest BCUT2D eigenvalue weighted by molar-refractivity contribution is 5.94. The van der Waals surface area contributed by atoms with Gasteiger partial charge in [-0.3, -0.25) is 4.79 Å². The van der Waals surface area contributed by atoms with Crippen molar-refractivity contribution in [3.05, 3.63) is 157 Å². The van der Waals surface area contributed by atoms with Gasteiger partial charge < -0.3 is 9.53 Å². The summed E-state index contributed by atoms with van der Waals surface area (Å²) in [5, 5.41) is 0. The van der Waals surface area contributed by atoms with Crippen LogP contribution in [0, 0.1) is 5.92 Å². The number of benzene rings is 4. The van der Waals surface area contributed by atoms with Gasteiger partial charge in [0.15, 0.2) is 5.78 Å². The molecule has 0 amide bonds. The van der Waals surface area contributed by atoms with Crippen LogP contribution in [-0.4, -0.2) is 12.6 Å². The minimum absolute atomic E-state index is 0.0614. The standard InChI is InChI=1S/C20H18.C14H12O2.3C2H6.CH2O/c1-2-5-9-17(8-4-1)16-18-12-14-20(15-13-18)19-10-6-3-7-11-19;1-11(15)12-7-9-14(10-8-12)16-13-5-3-2-4-6-13;4*1-2/h1-15,17H,16H2;2-10H,1H3;3*1-2H3;1H2. The topological polar surface area (TPSA) is 43.4 Å². The molecule has 4 aromatic carbocycles. The van der Waals surface area contributed by atoms with E-state index in [1.54, 1.807) is 31.2 Å². The van der Waals surface area contributed by atoms with E-state index in [4.69, 9.17) is 9.53 Å². The Morgan fingerprint density at radius 3 is 1.48 bits per heavy atom. The van der Waals surface area contributed by atoms with Crippen molar-refractivity contribution in [1.29, 1.82) is 0 Å². The van der Waals surface area contributed by atoms with E-state index in [9.17, 15) is 4.79 Å². The largest absolute Gasteiger partial charge is 0.457 e. The van der Waals surface area contributed by atoms with Gasteiger partial charge in [0.05, 0.1) is 0 Å². The summed E-state index contributed by atoms with van der Waals surface area (Å²) in [6.07, 6.45) is 14.0. The summed E-state index contributed by atoms with van der Waals surface area (Å²) in [6, 6.07) is 36.1. The van der Waals surface area contributed by atoms with Gasteiger partial charge in [-0.2, -0.15) is 0 Å². The van der Waals surface area contributed by atoms with Crippen LogP contribution in [0.3, 0.4) is 0 Å². The number of hydrogen-bond acceptors (Lipinski definition) is 3. The Kier molecular flexibility index (Phi) is 23.1. The summed E-state index contributed by atoms with van der Waals surface area (Å²) in [5.41, 5.74) is 4.63. The van der Waals surface area contributed by atoms with E-state index in [2.05, 4.69) is 91.1 Å². The minimum atomic E-state index is 0.0614. The fourth-order valence-corrected chi connectivity index (χ4v) is 3.86. The van der Waals surface area contributed by atoms with Crippen molar-refractivity contribution in [2.24, 2.45) is 5.92 Å². The Hall–Kier alpha value is -4.76. The molecule has 1 aliphatic rings. The Balaban J connectivity index is 0.000000696. The van der Waals surface area contributed by atoms with Crippen molar-refractivity contribution in [3.63, 3.8) is 0 Å². The Morgan fingerprint density at radius 1 is 0.568 bits per heavy atom. The monoisotopic (exact) mass is 590 g/mol. The molecule has 0 heterocycles. The van der Waals surface area contributed by atoms with Gasteiger partial charge in [0.25, 0.3) is 0 Å². The molecule has 0 unspecified atom stereocenters. The van der Waals surface area contributed by atoms with Crippen LogP contribution < -0.4 is 4.74 Å². The number of allylic oxidation sites excluding steroid dienone is 6. The molecule has 0 fully saturated rings. The predicted molar refractivity (Wildman–Crippen MR) is 191 cm³/mol. The molecule has 44 heavy (non-hydrogen) atoms. The number of carbonyl (C=O) groups excluding carboxylic acids is 2. The molecule has 0 N–H and O–H groups in total. The molecular formula is C41H50O3. The number of hydrogen-bond donors (Lipinski definition) is 0. The summed E-state index contributed by atoms with van der Waals surface area (Å²) in [5.74, 6) is 2.08. The Bertz CT molecular complexity index is 1320. The number of Topliss-reactive ketones (excluding diaryl/α,β-unsaturated/α-hetero) is 1. The van der Waals surface area contributed by atoms with Gasteiger partial charge in [0.2, 0.25) is 0 Å². The zero-order chi connectivity index (χ0) is 33.0. The van der Waals surface area contributed by atoms with Gasteiger partial charge in [0, 0.05) is 5.56 Å². The van der Waals surface area contributed by atoms with Crippen LogP contribution in [0.15, 0.2) is 146 Å². The van der Waals surface area contributed by atoms with E-state index < -0.39 is 0 Å². The molecule has 0 spiro atoms. The molecule has 3 nitrogen and oxygen atoms in total. The smallest absolute Gasteiger partial charge is 0.159 e. The fraction of sp³-hybridized carbons (Fsp3) is 0.220. The Morgan fingerprint density at radius 2 is 1.00 bits per heavy atom. The van der Waals surface area contributed by atoms with Crippen LogP contribution in [0.4, 0.5) is 0 Å². The maximum absolute atomic E-state index is 11.1. The summed E-state index contributed by atoms with van der Waals surface area (Å²) in [7, 11) is 0. The lowest BCUT2D eigenvalue weighted by Crippen LogP contribution is -1.97. The first kappa shape index (κ1) is 39.2. The summed E-state index contributed by atoms with van der Waals surface area (Å²) in [4.78, 5) is 19.1. The molecule has 0 aliphatic heterocycles. The second kappa shape index (κ2) is 25.9. The van der Waals surface area contributed by atoms with E-state index in [1.807, 2.05) is 78.7 Å². The van der Waals surface area contributed by atoms with Crippen molar-refractivity contribution in [2.75, 3.05) is 0 Å². The number of ether oxygens (including phenoxy) is 1. The maximum atomic E-state index is 11.1. The number of rotatable bonds is 6. The fourth-order valence-electron chi connectivity index (χ4n) is 3.86. The van der Waals surface area contributed by atoms with Gasteiger partial charge in [-0.25, -0.2) is 0 Å². The van der Waals surface area contributed by atoms with E-state index in [0.29, 0.717) is 11.5 Å². The molecule has 0 aromatic heterocycles. The average Bonchev–Trinajstić information content (AvgIpc) is 3.39. The van der Waals surface area contributed by atoms with Crippen LogP contribution in [0.2, 0.25) is 0 Å². The lowest BCUT2D eigenvalue weighted by molar-refractivity contribution is -0.0980. The van der Waals surface area contributed by atoms with Gasteiger partial charge >= 0.3 is 0 Å². The van der Waals surface area contributed by atoms with E-state index in [-0.39, 0.29) is 5.78 Å². The van der Waals surface area contributed by atoms with Crippen molar-refractivity contribution in [3.8, 4) is 22.6 Å². The first-order valence-electron chi connectivity index (χ1n) is 15.5. The molecule has 0 radical (unpaired) electrons. The number of para-hydroxylation sites is 1. The molecule has 0 saturated heterocycles. The number of carbonyl (C=O) groups is 2.